The maximum atomic E-state index is 13.2. The number of aryl methyl sites for hydroxylation is 1. The SMILES string of the molecule is CCn1cc(C(NN)c2cccc(F)c2)cn1. The quantitative estimate of drug-likeness (QED) is 0.624. The van der Waals surface area contributed by atoms with Crippen LogP contribution in [0.1, 0.15) is 24.1 Å². The van der Waals surface area contributed by atoms with Crippen LogP contribution in [0.2, 0.25) is 0 Å². The standard InChI is InChI=1S/C12H15FN4/c1-2-17-8-10(7-15-17)12(16-14)9-4-3-5-11(13)6-9/h3-8,12,16H,2,14H2,1H3. The molecular weight excluding hydrogens is 219 g/mol. The smallest absolute Gasteiger partial charge is 0.123 e. The summed E-state index contributed by atoms with van der Waals surface area (Å²) in [7, 11) is 0. The second-order valence-electron chi connectivity index (χ2n) is 3.78. The predicted octanol–water partition coefficient (Wildman–Crippen LogP) is 1.59. The molecule has 4 nitrogen and oxygen atoms in total. The first kappa shape index (κ1) is 11.8. The van der Waals surface area contributed by atoms with Gasteiger partial charge in [-0.3, -0.25) is 10.5 Å². The number of halogens is 1. The van der Waals surface area contributed by atoms with Gasteiger partial charge in [0.2, 0.25) is 0 Å². The first-order valence-electron chi connectivity index (χ1n) is 5.48. The van der Waals surface area contributed by atoms with E-state index < -0.39 is 0 Å². The van der Waals surface area contributed by atoms with Crippen LogP contribution in [0.3, 0.4) is 0 Å². The number of nitrogens with two attached hydrogens (primary N) is 1. The summed E-state index contributed by atoms with van der Waals surface area (Å²) in [6.45, 7) is 2.80. The van der Waals surface area contributed by atoms with Gasteiger partial charge in [0.25, 0.3) is 0 Å². The molecule has 1 unspecified atom stereocenters. The van der Waals surface area contributed by atoms with Crippen LogP contribution < -0.4 is 11.3 Å². The lowest BCUT2D eigenvalue weighted by atomic mass is 10.0. The van der Waals surface area contributed by atoms with Gasteiger partial charge in [-0.15, -0.1) is 0 Å². The van der Waals surface area contributed by atoms with E-state index in [0.717, 1.165) is 17.7 Å². The van der Waals surface area contributed by atoms with Gasteiger partial charge in [0.1, 0.15) is 5.82 Å². The van der Waals surface area contributed by atoms with Crippen molar-refractivity contribution in [3.8, 4) is 0 Å². The van der Waals surface area contributed by atoms with E-state index >= 15 is 0 Å². The first-order valence-corrected chi connectivity index (χ1v) is 5.48. The molecule has 0 amide bonds. The number of nitrogens with one attached hydrogen (secondary N) is 1. The molecule has 2 rings (SSSR count). The zero-order valence-corrected chi connectivity index (χ0v) is 9.60. The average molecular weight is 234 g/mol. The number of hydrogen-bond donors (Lipinski definition) is 2. The van der Waals surface area contributed by atoms with E-state index in [1.165, 1.54) is 12.1 Å². The molecule has 0 aliphatic carbocycles. The van der Waals surface area contributed by atoms with Crippen molar-refractivity contribution >= 4 is 0 Å². The molecule has 0 aliphatic rings. The minimum absolute atomic E-state index is 0.244. The molecule has 0 spiro atoms. The fraction of sp³-hybridized carbons (Fsp3) is 0.250. The van der Waals surface area contributed by atoms with Gasteiger partial charge in [-0.1, -0.05) is 12.1 Å². The monoisotopic (exact) mass is 234 g/mol. The van der Waals surface area contributed by atoms with E-state index in [-0.39, 0.29) is 11.9 Å². The first-order chi connectivity index (χ1) is 8.24. The van der Waals surface area contributed by atoms with Crippen LogP contribution in [0.4, 0.5) is 4.39 Å². The Kier molecular flexibility index (Phi) is 3.51. The number of rotatable bonds is 4. The second-order valence-corrected chi connectivity index (χ2v) is 3.78. The number of benzene rings is 1. The molecule has 0 bridgehead atoms. The minimum atomic E-state index is -0.273. The van der Waals surface area contributed by atoms with E-state index in [1.807, 2.05) is 19.2 Å². The Labute approximate surface area is 99.2 Å². The summed E-state index contributed by atoms with van der Waals surface area (Å²) in [4.78, 5) is 0. The summed E-state index contributed by atoms with van der Waals surface area (Å²) < 4.78 is 15.0. The van der Waals surface area contributed by atoms with Gasteiger partial charge in [-0.2, -0.15) is 5.10 Å². The van der Waals surface area contributed by atoms with Gasteiger partial charge in [0.15, 0.2) is 0 Å². The minimum Gasteiger partial charge on any atom is -0.273 e. The Morgan fingerprint density at radius 1 is 1.47 bits per heavy atom. The molecule has 0 saturated carbocycles. The lowest BCUT2D eigenvalue weighted by molar-refractivity contribution is 0.604. The van der Waals surface area contributed by atoms with Crippen molar-refractivity contribution in [2.75, 3.05) is 0 Å². The Hall–Kier alpha value is -1.72. The zero-order chi connectivity index (χ0) is 12.3. The van der Waals surface area contributed by atoms with Gasteiger partial charge >= 0.3 is 0 Å². The van der Waals surface area contributed by atoms with Crippen molar-refractivity contribution in [1.82, 2.24) is 15.2 Å². The molecular formula is C12H15FN4. The van der Waals surface area contributed by atoms with Gasteiger partial charge in [0, 0.05) is 18.3 Å². The van der Waals surface area contributed by atoms with Gasteiger partial charge in [0.05, 0.1) is 12.2 Å². The van der Waals surface area contributed by atoms with Crippen LogP contribution in [-0.2, 0) is 6.54 Å². The lowest BCUT2D eigenvalue weighted by Crippen LogP contribution is -2.28. The van der Waals surface area contributed by atoms with E-state index in [2.05, 4.69) is 10.5 Å². The molecule has 5 heteroatoms. The van der Waals surface area contributed by atoms with Crippen LogP contribution in [-0.4, -0.2) is 9.78 Å². The molecule has 1 aromatic heterocycles. The fourth-order valence-corrected chi connectivity index (χ4v) is 1.77. The van der Waals surface area contributed by atoms with Gasteiger partial charge in [-0.25, -0.2) is 9.82 Å². The molecule has 17 heavy (non-hydrogen) atoms. The molecule has 2 aromatic rings. The largest absolute Gasteiger partial charge is 0.273 e. The molecule has 0 aliphatic heterocycles. The normalized spacial score (nSPS) is 12.6. The maximum absolute atomic E-state index is 13.2. The molecule has 0 radical (unpaired) electrons. The highest BCUT2D eigenvalue weighted by Crippen LogP contribution is 2.21. The van der Waals surface area contributed by atoms with Crippen molar-refractivity contribution in [3.63, 3.8) is 0 Å². The van der Waals surface area contributed by atoms with Crippen molar-refractivity contribution in [2.45, 2.75) is 19.5 Å². The molecule has 90 valence electrons. The molecule has 0 saturated heterocycles. The van der Waals surface area contributed by atoms with E-state index in [1.54, 1.807) is 16.9 Å². The number of hydrazine groups is 1. The van der Waals surface area contributed by atoms with Crippen LogP contribution in [0.25, 0.3) is 0 Å². The summed E-state index contributed by atoms with van der Waals surface area (Å²) in [6.07, 6.45) is 3.63. The van der Waals surface area contributed by atoms with Crippen molar-refractivity contribution in [1.29, 1.82) is 0 Å². The molecule has 3 N–H and O–H groups in total. The average Bonchev–Trinajstić information content (AvgIpc) is 2.79. The predicted molar refractivity (Wildman–Crippen MR) is 63.5 cm³/mol. The van der Waals surface area contributed by atoms with Crippen molar-refractivity contribution in [2.24, 2.45) is 5.84 Å². The zero-order valence-electron chi connectivity index (χ0n) is 9.60. The summed E-state index contributed by atoms with van der Waals surface area (Å²) in [5.41, 5.74) is 4.38. The topological polar surface area (TPSA) is 55.9 Å². The molecule has 1 heterocycles. The van der Waals surface area contributed by atoms with E-state index in [4.69, 9.17) is 5.84 Å². The van der Waals surface area contributed by atoms with Crippen LogP contribution in [0, 0.1) is 5.82 Å². The number of aromatic nitrogens is 2. The van der Waals surface area contributed by atoms with Gasteiger partial charge in [-0.05, 0) is 24.6 Å². The second kappa shape index (κ2) is 5.07. The van der Waals surface area contributed by atoms with Crippen molar-refractivity contribution in [3.05, 3.63) is 53.6 Å². The molecule has 1 aromatic carbocycles. The number of hydrogen-bond acceptors (Lipinski definition) is 3. The number of nitrogens with zero attached hydrogens (tertiary/aromatic N) is 2. The van der Waals surface area contributed by atoms with E-state index in [9.17, 15) is 4.39 Å². The highest BCUT2D eigenvalue weighted by molar-refractivity contribution is 5.29. The van der Waals surface area contributed by atoms with Crippen LogP contribution in [0.15, 0.2) is 36.7 Å². The molecule has 1 atom stereocenters. The van der Waals surface area contributed by atoms with Crippen molar-refractivity contribution < 1.29 is 4.39 Å². The highest BCUT2D eigenvalue weighted by atomic mass is 19.1. The summed E-state index contributed by atoms with van der Waals surface area (Å²) in [5, 5.41) is 4.18. The highest BCUT2D eigenvalue weighted by Gasteiger charge is 2.14. The van der Waals surface area contributed by atoms with Crippen LogP contribution in [0.5, 0.6) is 0 Å². The Bertz CT molecular complexity index is 495. The summed E-state index contributed by atoms with van der Waals surface area (Å²) in [5.74, 6) is 5.26. The summed E-state index contributed by atoms with van der Waals surface area (Å²) in [6, 6.07) is 6.13. The van der Waals surface area contributed by atoms with Crippen LogP contribution >= 0.6 is 0 Å². The third-order valence-electron chi connectivity index (χ3n) is 2.66. The Balaban J connectivity index is 2.33. The maximum Gasteiger partial charge on any atom is 0.123 e. The Morgan fingerprint density at radius 2 is 2.29 bits per heavy atom. The fourth-order valence-electron chi connectivity index (χ4n) is 1.77. The van der Waals surface area contributed by atoms with Gasteiger partial charge < -0.3 is 0 Å². The summed E-state index contributed by atoms with van der Waals surface area (Å²) >= 11 is 0. The molecule has 0 fully saturated rings. The third kappa shape index (κ3) is 2.51. The van der Waals surface area contributed by atoms with E-state index in [0.29, 0.717) is 0 Å². The Morgan fingerprint density at radius 3 is 2.88 bits per heavy atom. The third-order valence-corrected chi connectivity index (χ3v) is 2.66. The lowest BCUT2D eigenvalue weighted by Gasteiger charge is -2.14.